The molecule has 1 aromatic carbocycles. The van der Waals surface area contributed by atoms with E-state index in [4.69, 9.17) is 16.3 Å². The Bertz CT molecular complexity index is 406. The lowest BCUT2D eigenvalue weighted by molar-refractivity contribution is 0.352. The zero-order valence-corrected chi connectivity index (χ0v) is 12.0. The van der Waals surface area contributed by atoms with Crippen LogP contribution in [0.25, 0.3) is 0 Å². The standard InChI is InChI=1S/C15H22ClNO/c1-3-14(17-4-2)6-5-11-9-13(16)10-12-7-8-18-15(11)12/h9-10,14,17H,3-8H2,1-2H3. The molecule has 2 nitrogen and oxygen atoms in total. The smallest absolute Gasteiger partial charge is 0.125 e. The molecule has 1 aliphatic heterocycles. The van der Waals surface area contributed by atoms with Gasteiger partial charge >= 0.3 is 0 Å². The fourth-order valence-electron chi connectivity index (χ4n) is 2.60. The lowest BCUT2D eigenvalue weighted by Gasteiger charge is -2.16. The predicted octanol–water partition coefficient (Wildman–Crippen LogP) is 3.60. The molecule has 0 spiro atoms. The molecule has 1 unspecified atom stereocenters. The summed E-state index contributed by atoms with van der Waals surface area (Å²) in [6, 6.07) is 4.69. The van der Waals surface area contributed by atoms with Gasteiger partial charge in [-0.3, -0.25) is 0 Å². The van der Waals surface area contributed by atoms with Gasteiger partial charge < -0.3 is 10.1 Å². The molecule has 0 bridgehead atoms. The fourth-order valence-corrected chi connectivity index (χ4v) is 2.86. The van der Waals surface area contributed by atoms with Gasteiger partial charge in [0.15, 0.2) is 0 Å². The highest BCUT2D eigenvalue weighted by Crippen LogP contribution is 2.33. The molecule has 2 rings (SSSR count). The summed E-state index contributed by atoms with van der Waals surface area (Å²) in [7, 11) is 0. The van der Waals surface area contributed by atoms with Crippen LogP contribution in [0.15, 0.2) is 12.1 Å². The van der Waals surface area contributed by atoms with Crippen molar-refractivity contribution in [2.45, 2.75) is 45.6 Å². The van der Waals surface area contributed by atoms with E-state index < -0.39 is 0 Å². The number of benzene rings is 1. The average Bonchev–Trinajstić information content (AvgIpc) is 2.82. The maximum atomic E-state index is 6.17. The molecule has 18 heavy (non-hydrogen) atoms. The summed E-state index contributed by atoms with van der Waals surface area (Å²) in [5, 5.41) is 4.35. The fraction of sp³-hybridized carbons (Fsp3) is 0.600. The number of aryl methyl sites for hydroxylation is 1. The highest BCUT2D eigenvalue weighted by Gasteiger charge is 2.18. The van der Waals surface area contributed by atoms with Crippen LogP contribution in [-0.4, -0.2) is 19.2 Å². The Balaban J connectivity index is 2.05. The van der Waals surface area contributed by atoms with E-state index >= 15 is 0 Å². The third kappa shape index (κ3) is 3.18. The summed E-state index contributed by atoms with van der Waals surface area (Å²) in [5.41, 5.74) is 2.54. The summed E-state index contributed by atoms with van der Waals surface area (Å²) >= 11 is 6.17. The van der Waals surface area contributed by atoms with E-state index in [0.29, 0.717) is 6.04 Å². The summed E-state index contributed by atoms with van der Waals surface area (Å²) < 4.78 is 5.73. The Morgan fingerprint density at radius 1 is 1.39 bits per heavy atom. The highest BCUT2D eigenvalue weighted by atomic mass is 35.5. The third-order valence-electron chi connectivity index (χ3n) is 3.57. The van der Waals surface area contributed by atoms with Crippen LogP contribution in [0.1, 0.15) is 37.8 Å². The molecule has 1 aromatic rings. The van der Waals surface area contributed by atoms with Gasteiger partial charge in [-0.1, -0.05) is 25.4 Å². The van der Waals surface area contributed by atoms with Crippen molar-refractivity contribution < 1.29 is 4.74 Å². The molecular formula is C15H22ClNO. The number of hydrogen-bond acceptors (Lipinski definition) is 2. The van der Waals surface area contributed by atoms with Gasteiger partial charge in [0.05, 0.1) is 6.61 Å². The van der Waals surface area contributed by atoms with Crippen LogP contribution in [0, 0.1) is 0 Å². The Labute approximate surface area is 115 Å². The molecule has 1 aliphatic rings. The second kappa shape index (κ2) is 6.44. The zero-order chi connectivity index (χ0) is 13.0. The Kier molecular flexibility index (Phi) is 4.90. The first-order chi connectivity index (χ1) is 8.74. The normalized spacial score (nSPS) is 15.3. The molecule has 0 saturated carbocycles. The maximum Gasteiger partial charge on any atom is 0.125 e. The largest absolute Gasteiger partial charge is 0.493 e. The number of nitrogens with one attached hydrogen (secondary N) is 1. The molecule has 100 valence electrons. The van der Waals surface area contributed by atoms with Crippen LogP contribution in [0.3, 0.4) is 0 Å². The minimum atomic E-state index is 0.589. The number of halogens is 1. The number of rotatable bonds is 6. The van der Waals surface area contributed by atoms with E-state index in [1.54, 1.807) is 0 Å². The molecule has 0 amide bonds. The van der Waals surface area contributed by atoms with E-state index in [-0.39, 0.29) is 0 Å². The van der Waals surface area contributed by atoms with Crippen molar-refractivity contribution in [1.82, 2.24) is 5.32 Å². The van der Waals surface area contributed by atoms with Crippen LogP contribution < -0.4 is 10.1 Å². The minimum absolute atomic E-state index is 0.589. The molecule has 0 fully saturated rings. The highest BCUT2D eigenvalue weighted by molar-refractivity contribution is 6.30. The molecular weight excluding hydrogens is 246 g/mol. The SMILES string of the molecule is CCNC(CC)CCc1cc(Cl)cc2c1OCC2. The lowest BCUT2D eigenvalue weighted by Crippen LogP contribution is -2.28. The first kappa shape index (κ1) is 13.7. The predicted molar refractivity (Wildman–Crippen MR) is 76.7 cm³/mol. The topological polar surface area (TPSA) is 21.3 Å². The number of fused-ring (bicyclic) bond motifs is 1. The summed E-state index contributed by atoms with van der Waals surface area (Å²) in [4.78, 5) is 0. The molecule has 0 saturated heterocycles. The second-order valence-corrected chi connectivity index (χ2v) is 5.29. The Morgan fingerprint density at radius 2 is 2.22 bits per heavy atom. The van der Waals surface area contributed by atoms with Crippen LogP contribution >= 0.6 is 11.6 Å². The number of hydrogen-bond donors (Lipinski definition) is 1. The van der Waals surface area contributed by atoms with Gasteiger partial charge in [0.25, 0.3) is 0 Å². The molecule has 0 aromatic heterocycles. The van der Waals surface area contributed by atoms with Gasteiger partial charge in [-0.2, -0.15) is 0 Å². The zero-order valence-electron chi connectivity index (χ0n) is 11.3. The van der Waals surface area contributed by atoms with Crippen molar-refractivity contribution in [3.05, 3.63) is 28.3 Å². The van der Waals surface area contributed by atoms with Crippen LogP contribution in [0.2, 0.25) is 5.02 Å². The summed E-state index contributed by atoms with van der Waals surface area (Å²) in [5.74, 6) is 1.09. The monoisotopic (exact) mass is 267 g/mol. The van der Waals surface area contributed by atoms with Crippen LogP contribution in [0.5, 0.6) is 5.75 Å². The van der Waals surface area contributed by atoms with Crippen molar-refractivity contribution in [2.75, 3.05) is 13.2 Å². The summed E-state index contributed by atoms with van der Waals surface area (Å²) in [6.45, 7) is 6.21. The van der Waals surface area contributed by atoms with Crippen molar-refractivity contribution in [3.63, 3.8) is 0 Å². The second-order valence-electron chi connectivity index (χ2n) is 4.85. The van der Waals surface area contributed by atoms with Crippen molar-refractivity contribution >= 4 is 11.6 Å². The molecule has 0 aliphatic carbocycles. The van der Waals surface area contributed by atoms with Crippen molar-refractivity contribution in [3.8, 4) is 5.75 Å². The van der Waals surface area contributed by atoms with Crippen molar-refractivity contribution in [1.29, 1.82) is 0 Å². The maximum absolute atomic E-state index is 6.17. The first-order valence-electron chi connectivity index (χ1n) is 6.92. The average molecular weight is 268 g/mol. The van der Waals surface area contributed by atoms with E-state index in [0.717, 1.165) is 49.6 Å². The molecule has 1 heterocycles. The van der Waals surface area contributed by atoms with Crippen molar-refractivity contribution in [2.24, 2.45) is 0 Å². The number of ether oxygens (including phenoxy) is 1. The third-order valence-corrected chi connectivity index (χ3v) is 3.79. The van der Waals surface area contributed by atoms with Gasteiger partial charge in [0.1, 0.15) is 5.75 Å². The quantitative estimate of drug-likeness (QED) is 0.850. The van der Waals surface area contributed by atoms with E-state index in [2.05, 4.69) is 25.2 Å². The Morgan fingerprint density at radius 3 is 2.94 bits per heavy atom. The molecule has 1 N–H and O–H groups in total. The van der Waals surface area contributed by atoms with E-state index in [1.165, 1.54) is 11.1 Å². The molecule has 3 heteroatoms. The van der Waals surface area contributed by atoms with Gasteiger partial charge in [-0.25, -0.2) is 0 Å². The summed E-state index contributed by atoms with van der Waals surface area (Å²) in [6.07, 6.45) is 4.33. The molecule has 1 atom stereocenters. The van der Waals surface area contributed by atoms with Gasteiger partial charge in [0.2, 0.25) is 0 Å². The lowest BCUT2D eigenvalue weighted by atomic mass is 10.0. The van der Waals surface area contributed by atoms with Gasteiger partial charge in [0, 0.05) is 17.5 Å². The molecule has 0 radical (unpaired) electrons. The van der Waals surface area contributed by atoms with E-state index in [1.807, 2.05) is 6.07 Å². The minimum Gasteiger partial charge on any atom is -0.493 e. The van der Waals surface area contributed by atoms with Gasteiger partial charge in [-0.15, -0.1) is 0 Å². The van der Waals surface area contributed by atoms with Gasteiger partial charge in [-0.05, 0) is 49.1 Å². The first-order valence-corrected chi connectivity index (χ1v) is 7.29. The van der Waals surface area contributed by atoms with E-state index in [9.17, 15) is 0 Å². The van der Waals surface area contributed by atoms with Crippen LogP contribution in [0.4, 0.5) is 0 Å². The Hall–Kier alpha value is -0.730. The van der Waals surface area contributed by atoms with Crippen LogP contribution in [-0.2, 0) is 12.8 Å².